The summed E-state index contributed by atoms with van der Waals surface area (Å²) in [6.45, 7) is 5.12. The standard InChI is InChI=1S/C19H26N4O3/c1-11(20)8-12(2)21-9-13-4-3-5-14-15(13)10-23(19(14)26)16-6-7-17(24)22-18(16)25/h3-5,11-12,16,21H,6-10,20H2,1-2H3,(H,22,24,25). The molecule has 7 nitrogen and oxygen atoms in total. The Morgan fingerprint density at radius 2 is 2.08 bits per heavy atom. The third-order valence-corrected chi connectivity index (χ3v) is 5.05. The van der Waals surface area contributed by atoms with Crippen LogP contribution in [0.2, 0.25) is 0 Å². The number of carbonyl (C=O) groups excluding carboxylic acids is 3. The first-order chi connectivity index (χ1) is 12.4. The zero-order valence-corrected chi connectivity index (χ0v) is 15.2. The summed E-state index contributed by atoms with van der Waals surface area (Å²) in [6.07, 6.45) is 1.51. The number of nitrogens with two attached hydrogens (primary N) is 1. The van der Waals surface area contributed by atoms with E-state index in [1.54, 1.807) is 11.0 Å². The molecule has 4 N–H and O–H groups in total. The van der Waals surface area contributed by atoms with Crippen LogP contribution in [0.3, 0.4) is 0 Å². The van der Waals surface area contributed by atoms with Crippen LogP contribution in [0.1, 0.15) is 54.6 Å². The molecule has 2 aliphatic heterocycles. The monoisotopic (exact) mass is 358 g/mol. The predicted octanol–water partition coefficient (Wildman–Crippen LogP) is 0.663. The van der Waals surface area contributed by atoms with Gasteiger partial charge in [0.15, 0.2) is 0 Å². The van der Waals surface area contributed by atoms with E-state index in [1.165, 1.54) is 0 Å². The van der Waals surface area contributed by atoms with Gasteiger partial charge < -0.3 is 16.0 Å². The number of nitrogens with one attached hydrogen (secondary N) is 2. The van der Waals surface area contributed by atoms with Crippen LogP contribution in [0.4, 0.5) is 0 Å². The number of rotatable bonds is 6. The topological polar surface area (TPSA) is 105 Å². The van der Waals surface area contributed by atoms with E-state index in [2.05, 4.69) is 17.6 Å². The lowest BCUT2D eigenvalue weighted by Gasteiger charge is -2.29. The summed E-state index contributed by atoms with van der Waals surface area (Å²) in [6, 6.07) is 5.50. The van der Waals surface area contributed by atoms with Gasteiger partial charge in [-0.25, -0.2) is 0 Å². The zero-order valence-electron chi connectivity index (χ0n) is 15.2. The second kappa shape index (κ2) is 7.55. The van der Waals surface area contributed by atoms with Crippen LogP contribution in [0.5, 0.6) is 0 Å². The molecule has 140 valence electrons. The Morgan fingerprint density at radius 3 is 2.77 bits per heavy atom. The van der Waals surface area contributed by atoms with Gasteiger partial charge in [-0.2, -0.15) is 0 Å². The summed E-state index contributed by atoms with van der Waals surface area (Å²) in [5.41, 5.74) is 8.51. The van der Waals surface area contributed by atoms with E-state index in [1.807, 2.05) is 19.1 Å². The first-order valence-electron chi connectivity index (χ1n) is 9.11. The zero-order chi connectivity index (χ0) is 18.8. The minimum atomic E-state index is -0.578. The summed E-state index contributed by atoms with van der Waals surface area (Å²) < 4.78 is 0. The highest BCUT2D eigenvalue weighted by molar-refractivity contribution is 6.05. The molecule has 0 aliphatic carbocycles. The summed E-state index contributed by atoms with van der Waals surface area (Å²) in [4.78, 5) is 37.9. The molecule has 7 heteroatoms. The molecule has 0 aromatic heterocycles. The minimum Gasteiger partial charge on any atom is -0.328 e. The Labute approximate surface area is 153 Å². The Bertz CT molecular complexity index is 731. The smallest absolute Gasteiger partial charge is 0.255 e. The van der Waals surface area contributed by atoms with Crippen molar-refractivity contribution in [3.8, 4) is 0 Å². The van der Waals surface area contributed by atoms with Gasteiger partial charge in [0.25, 0.3) is 5.91 Å². The summed E-state index contributed by atoms with van der Waals surface area (Å²) in [7, 11) is 0. The molecule has 1 aromatic carbocycles. The van der Waals surface area contributed by atoms with Crippen LogP contribution in [-0.4, -0.2) is 40.7 Å². The molecule has 1 aromatic rings. The lowest BCUT2D eigenvalue weighted by Crippen LogP contribution is -2.52. The predicted molar refractivity (Wildman–Crippen MR) is 97.1 cm³/mol. The maximum Gasteiger partial charge on any atom is 0.255 e. The summed E-state index contributed by atoms with van der Waals surface area (Å²) in [5.74, 6) is -0.795. The van der Waals surface area contributed by atoms with E-state index >= 15 is 0 Å². The van der Waals surface area contributed by atoms with Gasteiger partial charge in [-0.15, -0.1) is 0 Å². The van der Waals surface area contributed by atoms with Crippen molar-refractivity contribution >= 4 is 17.7 Å². The fourth-order valence-electron chi connectivity index (χ4n) is 3.74. The number of nitrogens with zero attached hydrogens (tertiary/aromatic N) is 1. The van der Waals surface area contributed by atoms with Crippen LogP contribution in [0.25, 0.3) is 0 Å². The van der Waals surface area contributed by atoms with E-state index in [-0.39, 0.29) is 36.2 Å². The van der Waals surface area contributed by atoms with Gasteiger partial charge in [0.1, 0.15) is 6.04 Å². The highest BCUT2D eigenvalue weighted by Crippen LogP contribution is 2.29. The molecule has 0 radical (unpaired) electrons. The van der Waals surface area contributed by atoms with E-state index in [0.717, 1.165) is 17.5 Å². The first kappa shape index (κ1) is 18.5. The van der Waals surface area contributed by atoms with Crippen LogP contribution in [0, 0.1) is 0 Å². The Kier molecular flexibility index (Phi) is 5.38. The van der Waals surface area contributed by atoms with Gasteiger partial charge in [-0.1, -0.05) is 12.1 Å². The number of piperidine rings is 1. The third kappa shape index (κ3) is 3.78. The molecule has 2 heterocycles. The lowest BCUT2D eigenvalue weighted by atomic mass is 10.0. The molecule has 3 amide bonds. The fourth-order valence-corrected chi connectivity index (χ4v) is 3.74. The molecular formula is C19H26N4O3. The number of hydrogen-bond donors (Lipinski definition) is 3. The molecule has 1 fully saturated rings. The average Bonchev–Trinajstić information content (AvgIpc) is 2.90. The maximum atomic E-state index is 12.8. The van der Waals surface area contributed by atoms with Gasteiger partial charge in [0.05, 0.1) is 0 Å². The van der Waals surface area contributed by atoms with E-state index in [0.29, 0.717) is 25.1 Å². The summed E-state index contributed by atoms with van der Waals surface area (Å²) >= 11 is 0. The van der Waals surface area contributed by atoms with Crippen molar-refractivity contribution in [1.29, 1.82) is 0 Å². The van der Waals surface area contributed by atoms with Gasteiger partial charge in [0.2, 0.25) is 11.8 Å². The van der Waals surface area contributed by atoms with Crippen LogP contribution in [-0.2, 0) is 22.7 Å². The van der Waals surface area contributed by atoms with Gasteiger partial charge in [0, 0.05) is 37.2 Å². The second-order valence-electron chi connectivity index (χ2n) is 7.34. The Hall–Kier alpha value is -2.25. The molecule has 0 bridgehead atoms. The third-order valence-electron chi connectivity index (χ3n) is 5.05. The Balaban J connectivity index is 1.73. The average molecular weight is 358 g/mol. The number of amides is 3. The number of carbonyl (C=O) groups is 3. The molecule has 3 unspecified atom stereocenters. The molecule has 0 saturated carbocycles. The van der Waals surface area contributed by atoms with Gasteiger partial charge >= 0.3 is 0 Å². The lowest BCUT2D eigenvalue weighted by molar-refractivity contribution is -0.136. The SMILES string of the molecule is CC(N)CC(C)NCc1cccc2c1CN(C1CCC(=O)NC1=O)C2=O. The van der Waals surface area contributed by atoms with E-state index in [9.17, 15) is 14.4 Å². The van der Waals surface area contributed by atoms with Gasteiger partial charge in [-0.05, 0) is 43.9 Å². The quantitative estimate of drug-likeness (QED) is 0.648. The number of benzene rings is 1. The molecular weight excluding hydrogens is 332 g/mol. The van der Waals surface area contributed by atoms with Crippen LogP contribution >= 0.6 is 0 Å². The van der Waals surface area contributed by atoms with Crippen LogP contribution in [0.15, 0.2) is 18.2 Å². The van der Waals surface area contributed by atoms with Crippen molar-refractivity contribution in [1.82, 2.24) is 15.5 Å². The van der Waals surface area contributed by atoms with E-state index < -0.39 is 6.04 Å². The largest absolute Gasteiger partial charge is 0.328 e. The first-order valence-corrected chi connectivity index (χ1v) is 9.11. The van der Waals surface area contributed by atoms with E-state index in [4.69, 9.17) is 5.73 Å². The van der Waals surface area contributed by atoms with Crippen molar-refractivity contribution in [2.45, 2.75) is 64.3 Å². The molecule has 26 heavy (non-hydrogen) atoms. The molecule has 3 atom stereocenters. The molecule has 1 saturated heterocycles. The maximum absolute atomic E-state index is 12.8. The van der Waals surface area contributed by atoms with Crippen molar-refractivity contribution in [3.05, 3.63) is 34.9 Å². The minimum absolute atomic E-state index is 0.128. The van der Waals surface area contributed by atoms with Crippen molar-refractivity contribution in [2.24, 2.45) is 5.73 Å². The van der Waals surface area contributed by atoms with Crippen LogP contribution < -0.4 is 16.4 Å². The molecule has 0 spiro atoms. The number of hydrogen-bond acceptors (Lipinski definition) is 5. The second-order valence-corrected chi connectivity index (χ2v) is 7.34. The summed E-state index contributed by atoms with van der Waals surface area (Å²) in [5, 5.41) is 5.78. The van der Waals surface area contributed by atoms with Crippen molar-refractivity contribution < 1.29 is 14.4 Å². The Morgan fingerprint density at radius 1 is 1.31 bits per heavy atom. The molecule has 2 aliphatic rings. The highest BCUT2D eigenvalue weighted by atomic mass is 16.2. The highest BCUT2D eigenvalue weighted by Gasteiger charge is 2.39. The fraction of sp³-hybridized carbons (Fsp3) is 0.526. The molecule has 3 rings (SSSR count). The van der Waals surface area contributed by atoms with Gasteiger partial charge in [-0.3, -0.25) is 19.7 Å². The number of imide groups is 1. The normalized spacial score (nSPS) is 22.2. The number of fused-ring (bicyclic) bond motifs is 1. The van der Waals surface area contributed by atoms with Crippen molar-refractivity contribution in [3.63, 3.8) is 0 Å². The van der Waals surface area contributed by atoms with Crippen molar-refractivity contribution in [2.75, 3.05) is 0 Å².